The van der Waals surface area contributed by atoms with E-state index < -0.39 is 5.82 Å². The Kier molecular flexibility index (Phi) is 4.17. The molecule has 1 unspecified atom stereocenters. The molecule has 0 aliphatic carbocycles. The van der Waals surface area contributed by atoms with Gasteiger partial charge in [-0.25, -0.2) is 4.39 Å². The number of hydrogen-bond donors (Lipinski definition) is 1. The molecule has 0 aromatic heterocycles. The van der Waals surface area contributed by atoms with Crippen LogP contribution in [-0.2, 0) is 0 Å². The molecule has 0 heterocycles. The molecule has 0 fully saturated rings. The van der Waals surface area contributed by atoms with Crippen molar-refractivity contribution in [2.45, 2.75) is 25.8 Å². The van der Waals surface area contributed by atoms with Crippen LogP contribution in [0.5, 0.6) is 0 Å². The van der Waals surface area contributed by atoms with E-state index in [-0.39, 0.29) is 16.1 Å². The van der Waals surface area contributed by atoms with Crippen molar-refractivity contribution in [1.82, 2.24) is 0 Å². The van der Waals surface area contributed by atoms with Crippen molar-refractivity contribution < 1.29 is 4.39 Å². The Morgan fingerprint density at radius 2 is 2.07 bits per heavy atom. The molecular weight excluding hydrogens is 224 g/mol. The minimum Gasteiger partial charge on any atom is -0.324 e. The number of rotatable bonds is 3. The van der Waals surface area contributed by atoms with Crippen molar-refractivity contribution in [2.75, 3.05) is 0 Å². The van der Waals surface area contributed by atoms with Crippen LogP contribution >= 0.6 is 23.2 Å². The van der Waals surface area contributed by atoms with E-state index in [9.17, 15) is 4.39 Å². The van der Waals surface area contributed by atoms with Crippen molar-refractivity contribution in [3.8, 4) is 0 Å². The van der Waals surface area contributed by atoms with E-state index in [4.69, 9.17) is 28.9 Å². The molecule has 0 amide bonds. The zero-order chi connectivity index (χ0) is 10.7. The first-order valence-electron chi connectivity index (χ1n) is 4.46. The summed E-state index contributed by atoms with van der Waals surface area (Å²) in [6.07, 6.45) is 1.75. The van der Waals surface area contributed by atoms with E-state index in [1.165, 1.54) is 6.07 Å². The van der Waals surface area contributed by atoms with E-state index >= 15 is 0 Å². The fraction of sp³-hybridized carbons (Fsp3) is 0.400. The van der Waals surface area contributed by atoms with Gasteiger partial charge in [0, 0.05) is 6.04 Å². The molecular formula is C10H12Cl2FN. The quantitative estimate of drug-likeness (QED) is 0.790. The molecule has 0 radical (unpaired) electrons. The number of benzene rings is 1. The van der Waals surface area contributed by atoms with Crippen LogP contribution in [0.15, 0.2) is 12.1 Å². The van der Waals surface area contributed by atoms with Gasteiger partial charge in [0.2, 0.25) is 0 Å². The summed E-state index contributed by atoms with van der Waals surface area (Å²) in [7, 11) is 0. The number of halogens is 3. The molecule has 0 saturated heterocycles. The van der Waals surface area contributed by atoms with Gasteiger partial charge in [-0.05, 0) is 24.1 Å². The fourth-order valence-corrected chi connectivity index (χ4v) is 1.59. The summed E-state index contributed by atoms with van der Waals surface area (Å²) in [5.41, 5.74) is 6.52. The highest BCUT2D eigenvalue weighted by molar-refractivity contribution is 6.42. The summed E-state index contributed by atoms with van der Waals surface area (Å²) in [5.74, 6) is -0.513. The smallest absolute Gasteiger partial charge is 0.143 e. The molecule has 0 saturated carbocycles. The zero-order valence-electron chi connectivity index (χ0n) is 7.86. The van der Waals surface area contributed by atoms with Crippen molar-refractivity contribution in [1.29, 1.82) is 0 Å². The van der Waals surface area contributed by atoms with Crippen molar-refractivity contribution in [3.63, 3.8) is 0 Å². The van der Waals surface area contributed by atoms with E-state index in [0.29, 0.717) is 5.56 Å². The van der Waals surface area contributed by atoms with Crippen LogP contribution in [0.3, 0.4) is 0 Å². The van der Waals surface area contributed by atoms with Gasteiger partial charge in [0.25, 0.3) is 0 Å². The SMILES string of the molecule is CCCC(N)c1cc(F)c(Cl)c(Cl)c1. The molecule has 1 rings (SSSR count). The van der Waals surface area contributed by atoms with Gasteiger partial charge in [0.05, 0.1) is 10.0 Å². The molecule has 0 bridgehead atoms. The van der Waals surface area contributed by atoms with Crippen LogP contribution in [0.2, 0.25) is 10.0 Å². The van der Waals surface area contributed by atoms with Gasteiger partial charge in [0.15, 0.2) is 0 Å². The molecule has 1 atom stereocenters. The predicted octanol–water partition coefficient (Wildman–Crippen LogP) is 3.93. The lowest BCUT2D eigenvalue weighted by atomic mass is 10.0. The molecule has 1 aromatic carbocycles. The van der Waals surface area contributed by atoms with Gasteiger partial charge < -0.3 is 5.73 Å². The third-order valence-electron chi connectivity index (χ3n) is 2.03. The Bertz CT molecular complexity index is 305. The van der Waals surface area contributed by atoms with Crippen LogP contribution in [0.1, 0.15) is 31.4 Å². The molecule has 1 nitrogen and oxygen atoms in total. The van der Waals surface area contributed by atoms with Crippen molar-refractivity contribution in [2.24, 2.45) is 5.73 Å². The average molecular weight is 236 g/mol. The lowest BCUT2D eigenvalue weighted by Crippen LogP contribution is -2.10. The Morgan fingerprint density at radius 1 is 1.43 bits per heavy atom. The highest BCUT2D eigenvalue weighted by Crippen LogP contribution is 2.29. The van der Waals surface area contributed by atoms with Crippen LogP contribution in [0.4, 0.5) is 4.39 Å². The lowest BCUT2D eigenvalue weighted by molar-refractivity contribution is 0.605. The molecule has 0 aliphatic heterocycles. The van der Waals surface area contributed by atoms with Gasteiger partial charge >= 0.3 is 0 Å². The standard InChI is InChI=1S/C10H12Cl2FN/c1-2-3-9(14)6-4-7(11)10(12)8(13)5-6/h4-5,9H,2-3,14H2,1H3. The van der Waals surface area contributed by atoms with Gasteiger partial charge in [-0.15, -0.1) is 0 Å². The molecule has 0 aliphatic rings. The largest absolute Gasteiger partial charge is 0.324 e. The topological polar surface area (TPSA) is 26.0 Å². The van der Waals surface area contributed by atoms with Crippen molar-refractivity contribution >= 4 is 23.2 Å². The van der Waals surface area contributed by atoms with Gasteiger partial charge in [-0.2, -0.15) is 0 Å². The van der Waals surface area contributed by atoms with Crippen LogP contribution in [-0.4, -0.2) is 0 Å². The fourth-order valence-electron chi connectivity index (χ4n) is 1.27. The van der Waals surface area contributed by atoms with Crippen molar-refractivity contribution in [3.05, 3.63) is 33.6 Å². The second kappa shape index (κ2) is 4.96. The minimum absolute atomic E-state index is 0.0425. The normalized spacial score (nSPS) is 12.9. The molecule has 78 valence electrons. The molecule has 1 aromatic rings. The molecule has 2 N–H and O–H groups in total. The van der Waals surface area contributed by atoms with Gasteiger partial charge in [-0.1, -0.05) is 36.5 Å². The van der Waals surface area contributed by atoms with E-state index in [1.807, 2.05) is 6.92 Å². The Morgan fingerprint density at radius 3 is 2.57 bits per heavy atom. The van der Waals surface area contributed by atoms with Crippen LogP contribution in [0.25, 0.3) is 0 Å². The first-order chi connectivity index (χ1) is 6.56. The molecule has 4 heteroatoms. The monoisotopic (exact) mass is 235 g/mol. The summed E-state index contributed by atoms with van der Waals surface area (Å²) in [5, 5.41) is 0.173. The van der Waals surface area contributed by atoms with E-state index in [0.717, 1.165) is 12.8 Å². The lowest BCUT2D eigenvalue weighted by Gasteiger charge is -2.11. The Hall–Kier alpha value is -0.310. The summed E-state index contributed by atoms with van der Waals surface area (Å²) in [6, 6.07) is 2.78. The van der Waals surface area contributed by atoms with E-state index in [2.05, 4.69) is 0 Å². The Balaban J connectivity index is 3.00. The van der Waals surface area contributed by atoms with Crippen LogP contribution in [0, 0.1) is 5.82 Å². The van der Waals surface area contributed by atoms with Gasteiger partial charge in [-0.3, -0.25) is 0 Å². The number of nitrogens with two attached hydrogens (primary N) is 1. The minimum atomic E-state index is -0.513. The summed E-state index contributed by atoms with van der Waals surface area (Å²) >= 11 is 11.3. The second-order valence-electron chi connectivity index (χ2n) is 3.19. The van der Waals surface area contributed by atoms with Crippen LogP contribution < -0.4 is 5.73 Å². The average Bonchev–Trinajstić information content (AvgIpc) is 2.13. The third-order valence-corrected chi connectivity index (χ3v) is 2.81. The maximum absolute atomic E-state index is 13.2. The molecule has 0 spiro atoms. The summed E-state index contributed by atoms with van der Waals surface area (Å²) in [4.78, 5) is 0. The third kappa shape index (κ3) is 2.59. The van der Waals surface area contributed by atoms with Gasteiger partial charge in [0.1, 0.15) is 5.82 Å². The Labute approximate surface area is 93.0 Å². The first kappa shape index (κ1) is 11.8. The second-order valence-corrected chi connectivity index (χ2v) is 3.98. The predicted molar refractivity (Wildman–Crippen MR) is 58.3 cm³/mol. The highest BCUT2D eigenvalue weighted by atomic mass is 35.5. The molecule has 14 heavy (non-hydrogen) atoms. The van der Waals surface area contributed by atoms with E-state index in [1.54, 1.807) is 6.07 Å². The maximum atomic E-state index is 13.2. The highest BCUT2D eigenvalue weighted by Gasteiger charge is 2.11. The zero-order valence-corrected chi connectivity index (χ0v) is 9.37. The first-order valence-corrected chi connectivity index (χ1v) is 5.21. The number of hydrogen-bond acceptors (Lipinski definition) is 1. The maximum Gasteiger partial charge on any atom is 0.143 e. The summed E-state index contributed by atoms with van der Waals surface area (Å²) < 4.78 is 13.2. The summed E-state index contributed by atoms with van der Waals surface area (Å²) in [6.45, 7) is 2.02.